The second-order valence-corrected chi connectivity index (χ2v) is 11.9. The average molecular weight is 517 g/mol. The maximum Gasteiger partial charge on any atom is 0.340 e. The van der Waals surface area contributed by atoms with Crippen molar-refractivity contribution in [3.05, 3.63) is 82.9 Å². The fourth-order valence-electron chi connectivity index (χ4n) is 6.04. The van der Waals surface area contributed by atoms with Gasteiger partial charge in [0.2, 0.25) is 0 Å². The van der Waals surface area contributed by atoms with Crippen LogP contribution in [0.25, 0.3) is 0 Å². The first-order chi connectivity index (χ1) is 18.0. The molecule has 6 rings (SSSR count). The minimum absolute atomic E-state index is 0.0353. The van der Waals surface area contributed by atoms with E-state index in [0.29, 0.717) is 33.9 Å². The fraction of sp³-hybridized carbons (Fsp3) is 0.387. The Labute approximate surface area is 221 Å². The zero-order valence-corrected chi connectivity index (χ0v) is 22.0. The summed E-state index contributed by atoms with van der Waals surface area (Å²) in [6.45, 7) is 9.29. The zero-order valence-electron chi connectivity index (χ0n) is 22.0. The van der Waals surface area contributed by atoms with Crippen LogP contribution in [0, 0.1) is 10.8 Å². The quantitative estimate of drug-likeness (QED) is 0.314. The molecule has 7 heteroatoms. The summed E-state index contributed by atoms with van der Waals surface area (Å²) < 4.78 is 23.9. The molecule has 198 valence electrons. The maximum absolute atomic E-state index is 12.9. The molecule has 38 heavy (non-hydrogen) atoms. The molecule has 3 heterocycles. The Morgan fingerprint density at radius 3 is 2.42 bits per heavy atom. The Balaban J connectivity index is 1.31. The van der Waals surface area contributed by atoms with E-state index in [9.17, 15) is 15.0 Å². The lowest BCUT2D eigenvalue weighted by atomic mass is 9.71. The Bertz CT molecular complexity index is 1420. The summed E-state index contributed by atoms with van der Waals surface area (Å²) in [6.07, 6.45) is 0.317. The van der Waals surface area contributed by atoms with Gasteiger partial charge in [-0.3, -0.25) is 0 Å². The molecule has 3 aromatic rings. The van der Waals surface area contributed by atoms with Gasteiger partial charge < -0.3 is 29.2 Å². The third-order valence-corrected chi connectivity index (χ3v) is 8.09. The molecule has 3 aliphatic rings. The molecule has 3 unspecified atom stereocenters. The van der Waals surface area contributed by atoms with Crippen LogP contribution in [0.15, 0.2) is 60.7 Å². The minimum atomic E-state index is -1.21. The van der Waals surface area contributed by atoms with Gasteiger partial charge in [0.1, 0.15) is 29.6 Å². The van der Waals surface area contributed by atoms with Crippen molar-refractivity contribution >= 4 is 5.97 Å². The molecule has 0 bridgehead atoms. The van der Waals surface area contributed by atoms with E-state index in [4.69, 9.17) is 18.9 Å². The number of aliphatic hydroxyl groups is 1. The maximum atomic E-state index is 12.9. The molecule has 1 fully saturated rings. The molecule has 2 N–H and O–H groups in total. The van der Waals surface area contributed by atoms with E-state index < -0.39 is 17.7 Å². The van der Waals surface area contributed by atoms with Crippen molar-refractivity contribution in [3.63, 3.8) is 0 Å². The van der Waals surface area contributed by atoms with Crippen LogP contribution in [-0.4, -0.2) is 41.6 Å². The number of ether oxygens (including phenoxy) is 4. The molecule has 3 atom stereocenters. The lowest BCUT2D eigenvalue weighted by Crippen LogP contribution is -2.39. The Kier molecular flexibility index (Phi) is 5.53. The van der Waals surface area contributed by atoms with Crippen LogP contribution in [0.3, 0.4) is 0 Å². The summed E-state index contributed by atoms with van der Waals surface area (Å²) in [5, 5.41) is 21.2. The number of hydrogen-bond acceptors (Lipinski definition) is 7. The number of phenols is 1. The number of benzene rings is 3. The van der Waals surface area contributed by atoms with Gasteiger partial charge in [-0.2, -0.15) is 0 Å². The predicted octanol–water partition coefficient (Wildman–Crippen LogP) is 5.54. The number of rotatable bonds is 7. The van der Waals surface area contributed by atoms with E-state index in [1.165, 1.54) is 6.07 Å². The number of phenolic OH excluding ortho intramolecular Hbond substituents is 1. The first kappa shape index (κ1) is 24.8. The molecule has 0 saturated carbocycles. The molecule has 0 aliphatic carbocycles. The number of hydrogen-bond donors (Lipinski definition) is 2. The zero-order chi connectivity index (χ0) is 26.9. The van der Waals surface area contributed by atoms with Crippen LogP contribution in [-0.2, 0) is 15.1 Å². The number of aromatic hydroxyl groups is 1. The summed E-state index contributed by atoms with van der Waals surface area (Å²) in [5.74, 6) is 0.977. The van der Waals surface area contributed by atoms with Gasteiger partial charge >= 0.3 is 5.97 Å². The van der Waals surface area contributed by atoms with Crippen LogP contribution in [0.5, 0.6) is 23.0 Å². The summed E-state index contributed by atoms with van der Waals surface area (Å²) in [5.41, 5.74) is 0.872. The van der Waals surface area contributed by atoms with E-state index in [2.05, 4.69) is 13.8 Å². The summed E-state index contributed by atoms with van der Waals surface area (Å²) >= 11 is 0. The smallest absolute Gasteiger partial charge is 0.340 e. The molecule has 3 aromatic carbocycles. The predicted molar refractivity (Wildman–Crippen MR) is 140 cm³/mol. The molecule has 0 radical (unpaired) electrons. The highest BCUT2D eigenvalue weighted by molar-refractivity contribution is 5.97. The molecule has 3 aliphatic heterocycles. The van der Waals surface area contributed by atoms with Gasteiger partial charge in [-0.25, -0.2) is 4.79 Å². The third-order valence-electron chi connectivity index (χ3n) is 8.09. The Morgan fingerprint density at radius 2 is 1.68 bits per heavy atom. The van der Waals surface area contributed by atoms with Crippen molar-refractivity contribution in [3.8, 4) is 23.0 Å². The molecular weight excluding hydrogens is 484 g/mol. The van der Waals surface area contributed by atoms with Crippen LogP contribution >= 0.6 is 0 Å². The second kappa shape index (κ2) is 8.48. The molecule has 0 amide bonds. The standard InChI is InChI=1S/C31H32O7/c1-29(2,17-30(3,4)27-16-36-27)26(33)15-35-19-10-12-23-25(14-19)37-24-13-18(32)9-11-22(24)31(23)21-8-6-5-7-20(21)28(34)38-31/h5-14,26-27,32-33H,15-17H2,1-4H3. The molecule has 0 aromatic heterocycles. The van der Waals surface area contributed by atoms with Crippen LogP contribution in [0.4, 0.5) is 0 Å². The van der Waals surface area contributed by atoms with Crippen molar-refractivity contribution in [1.29, 1.82) is 0 Å². The second-order valence-electron chi connectivity index (χ2n) is 11.9. The molecule has 7 nitrogen and oxygen atoms in total. The lowest BCUT2D eigenvalue weighted by molar-refractivity contribution is -0.0165. The number of carbonyl (C=O) groups is 1. The number of epoxide rings is 1. The van der Waals surface area contributed by atoms with Crippen LogP contribution < -0.4 is 9.47 Å². The monoisotopic (exact) mass is 516 g/mol. The number of esters is 1. The summed E-state index contributed by atoms with van der Waals surface area (Å²) in [7, 11) is 0. The van der Waals surface area contributed by atoms with Crippen molar-refractivity contribution in [1.82, 2.24) is 0 Å². The van der Waals surface area contributed by atoms with E-state index in [0.717, 1.165) is 18.6 Å². The molecule has 1 saturated heterocycles. The number of aliphatic hydroxyl groups excluding tert-OH is 1. The van der Waals surface area contributed by atoms with Gasteiger partial charge in [0, 0.05) is 28.8 Å². The number of carbonyl (C=O) groups excluding carboxylic acids is 1. The normalized spacial score (nSPS) is 22.1. The van der Waals surface area contributed by atoms with Crippen molar-refractivity contribution < 1.29 is 34.0 Å². The topological polar surface area (TPSA) is 97.8 Å². The van der Waals surface area contributed by atoms with E-state index in [-0.39, 0.29) is 29.3 Å². The fourth-order valence-corrected chi connectivity index (χ4v) is 6.04. The largest absolute Gasteiger partial charge is 0.508 e. The molecular formula is C31H32O7. The van der Waals surface area contributed by atoms with Gasteiger partial charge in [-0.15, -0.1) is 0 Å². The van der Waals surface area contributed by atoms with E-state index in [1.807, 2.05) is 32.0 Å². The lowest BCUT2D eigenvalue weighted by Gasteiger charge is -2.38. The van der Waals surface area contributed by atoms with Crippen LogP contribution in [0.1, 0.15) is 61.2 Å². The molecule has 1 spiro atoms. The first-order valence-electron chi connectivity index (χ1n) is 12.9. The average Bonchev–Trinajstić information content (AvgIpc) is 3.69. The Hall–Kier alpha value is -3.55. The Morgan fingerprint density at radius 1 is 1.00 bits per heavy atom. The van der Waals surface area contributed by atoms with Crippen molar-refractivity contribution in [2.24, 2.45) is 10.8 Å². The SMILES string of the molecule is CC(C)(CC(C)(C)C1CO1)C(O)COc1ccc2c(c1)Oc1cc(O)ccc1C21OC(=O)c2ccccc21. The summed E-state index contributed by atoms with van der Waals surface area (Å²) in [4.78, 5) is 12.9. The van der Waals surface area contributed by atoms with Crippen molar-refractivity contribution in [2.75, 3.05) is 13.2 Å². The first-order valence-corrected chi connectivity index (χ1v) is 12.9. The van der Waals surface area contributed by atoms with Crippen LogP contribution in [0.2, 0.25) is 0 Å². The summed E-state index contributed by atoms with van der Waals surface area (Å²) in [6, 6.07) is 17.5. The highest BCUT2D eigenvalue weighted by Crippen LogP contribution is 2.57. The van der Waals surface area contributed by atoms with Gasteiger partial charge in [0.05, 0.1) is 24.4 Å². The van der Waals surface area contributed by atoms with Gasteiger partial charge in [-0.1, -0.05) is 45.9 Å². The highest BCUT2D eigenvalue weighted by Gasteiger charge is 2.53. The van der Waals surface area contributed by atoms with E-state index >= 15 is 0 Å². The van der Waals surface area contributed by atoms with Gasteiger partial charge in [-0.05, 0) is 47.6 Å². The van der Waals surface area contributed by atoms with E-state index in [1.54, 1.807) is 36.4 Å². The third kappa shape index (κ3) is 3.92. The highest BCUT2D eigenvalue weighted by atomic mass is 16.6. The minimum Gasteiger partial charge on any atom is -0.508 e. The van der Waals surface area contributed by atoms with Gasteiger partial charge in [0.25, 0.3) is 0 Å². The van der Waals surface area contributed by atoms with Gasteiger partial charge in [0.15, 0.2) is 5.60 Å². The van der Waals surface area contributed by atoms with Crippen molar-refractivity contribution in [2.45, 2.75) is 51.9 Å². The number of fused-ring (bicyclic) bond motifs is 6.